The topological polar surface area (TPSA) is 95.6 Å². The van der Waals surface area contributed by atoms with E-state index in [1.54, 1.807) is 24.6 Å². The molecule has 3 aromatic heterocycles. The first-order valence-electron chi connectivity index (χ1n) is 10.5. The van der Waals surface area contributed by atoms with Gasteiger partial charge in [0.25, 0.3) is 5.91 Å². The third-order valence-corrected chi connectivity index (χ3v) is 6.94. The second-order valence-electron chi connectivity index (χ2n) is 8.92. The van der Waals surface area contributed by atoms with Crippen LogP contribution in [-0.2, 0) is 11.9 Å². The number of halogens is 1. The molecule has 11 heteroatoms. The Morgan fingerprint density at radius 3 is 2.97 bits per heavy atom. The SMILES string of the molecule is BC1(O)CCN2c3ccn4ncc(c4n3)C(=O)N[C@H](C)CCc3ncc(F)cc3C21B. The van der Waals surface area contributed by atoms with Crippen LogP contribution in [0, 0.1) is 5.82 Å². The first kappa shape index (κ1) is 20.0. The van der Waals surface area contributed by atoms with Crippen molar-refractivity contribution in [3.05, 3.63) is 53.4 Å². The van der Waals surface area contributed by atoms with Crippen LogP contribution >= 0.6 is 0 Å². The minimum Gasteiger partial charge on any atom is -0.397 e. The summed E-state index contributed by atoms with van der Waals surface area (Å²) in [6.07, 6.45) is 6.10. The Kier molecular flexibility index (Phi) is 4.37. The predicted octanol–water partition coefficient (Wildman–Crippen LogP) is -0.654. The van der Waals surface area contributed by atoms with E-state index >= 15 is 0 Å². The molecule has 2 aliphatic rings. The number of aliphatic hydroxyl groups is 1. The highest BCUT2D eigenvalue weighted by Crippen LogP contribution is 2.45. The minimum absolute atomic E-state index is 0.140. The lowest BCUT2D eigenvalue weighted by Crippen LogP contribution is -2.57. The average Bonchev–Trinajstić information content (AvgIpc) is 3.25. The van der Waals surface area contributed by atoms with Gasteiger partial charge in [-0.05, 0) is 43.9 Å². The van der Waals surface area contributed by atoms with Crippen molar-refractivity contribution in [2.24, 2.45) is 0 Å². The first-order chi connectivity index (χ1) is 14.7. The van der Waals surface area contributed by atoms with Gasteiger partial charge in [-0.2, -0.15) is 5.10 Å². The fraction of sp³-hybridized carbons (Fsp3) is 0.400. The Balaban J connectivity index is 1.78. The summed E-state index contributed by atoms with van der Waals surface area (Å²) in [5.74, 6) is -0.102. The Labute approximate surface area is 180 Å². The summed E-state index contributed by atoms with van der Waals surface area (Å²) < 4.78 is 16.0. The van der Waals surface area contributed by atoms with Crippen LogP contribution in [0.3, 0.4) is 0 Å². The molecule has 1 saturated heterocycles. The van der Waals surface area contributed by atoms with Crippen LogP contribution in [0.25, 0.3) is 5.65 Å². The zero-order valence-electron chi connectivity index (χ0n) is 17.8. The van der Waals surface area contributed by atoms with Gasteiger partial charge in [-0.1, -0.05) is 0 Å². The highest BCUT2D eigenvalue weighted by molar-refractivity contribution is 6.28. The highest BCUT2D eigenvalue weighted by atomic mass is 19.1. The molecule has 1 fully saturated rings. The number of aryl methyl sites for hydroxylation is 1. The van der Waals surface area contributed by atoms with Crippen LogP contribution in [0.5, 0.6) is 0 Å². The van der Waals surface area contributed by atoms with E-state index in [1.165, 1.54) is 18.5 Å². The molecule has 0 aromatic carbocycles. The summed E-state index contributed by atoms with van der Waals surface area (Å²) in [4.78, 5) is 24.0. The van der Waals surface area contributed by atoms with Crippen molar-refractivity contribution in [3.8, 4) is 0 Å². The number of amides is 1. The fourth-order valence-corrected chi connectivity index (χ4v) is 4.85. The van der Waals surface area contributed by atoms with Crippen molar-refractivity contribution in [1.82, 2.24) is 24.9 Å². The highest BCUT2D eigenvalue weighted by Gasteiger charge is 2.54. The molecule has 0 radical (unpaired) electrons. The number of nitrogens with one attached hydrogen (secondary N) is 1. The van der Waals surface area contributed by atoms with Gasteiger partial charge in [0.1, 0.15) is 32.9 Å². The van der Waals surface area contributed by atoms with Gasteiger partial charge in [-0.3, -0.25) is 9.78 Å². The molecular formula is C20H23B2FN6O2. The van der Waals surface area contributed by atoms with Crippen molar-refractivity contribution in [3.63, 3.8) is 0 Å². The quantitative estimate of drug-likeness (QED) is 0.470. The van der Waals surface area contributed by atoms with E-state index in [1.807, 2.05) is 19.7 Å². The molecule has 3 atom stereocenters. The number of hydrogen-bond donors (Lipinski definition) is 2. The first-order valence-corrected chi connectivity index (χ1v) is 10.5. The van der Waals surface area contributed by atoms with Gasteiger partial charge in [0.2, 0.25) is 0 Å². The molecule has 2 bridgehead atoms. The smallest absolute Gasteiger partial charge is 0.256 e. The van der Waals surface area contributed by atoms with Gasteiger partial charge in [-0.25, -0.2) is 13.9 Å². The molecule has 31 heavy (non-hydrogen) atoms. The molecule has 158 valence electrons. The molecule has 2 aliphatic heterocycles. The molecule has 0 aliphatic carbocycles. The summed E-state index contributed by atoms with van der Waals surface area (Å²) in [5.41, 5.74) is 0.0740. The van der Waals surface area contributed by atoms with E-state index in [4.69, 9.17) is 4.98 Å². The largest absolute Gasteiger partial charge is 0.397 e. The number of carbonyl (C=O) groups is 1. The fourth-order valence-electron chi connectivity index (χ4n) is 4.85. The van der Waals surface area contributed by atoms with Crippen LogP contribution in [-0.4, -0.2) is 64.4 Å². The number of nitrogens with zero attached hydrogens (tertiary/aromatic N) is 5. The van der Waals surface area contributed by atoms with E-state index in [0.717, 1.165) is 0 Å². The Morgan fingerprint density at radius 1 is 1.35 bits per heavy atom. The third-order valence-electron chi connectivity index (χ3n) is 6.94. The molecule has 3 aromatic rings. The Morgan fingerprint density at radius 2 is 2.16 bits per heavy atom. The summed E-state index contributed by atoms with van der Waals surface area (Å²) in [7, 11) is 3.69. The van der Waals surface area contributed by atoms with Crippen molar-refractivity contribution in [1.29, 1.82) is 0 Å². The molecule has 8 nitrogen and oxygen atoms in total. The number of hydrogen-bond acceptors (Lipinski definition) is 6. The van der Waals surface area contributed by atoms with Crippen LogP contribution in [0.1, 0.15) is 41.4 Å². The normalized spacial score (nSPS) is 28.4. The monoisotopic (exact) mass is 420 g/mol. The van der Waals surface area contributed by atoms with Gasteiger partial charge in [0.15, 0.2) is 5.65 Å². The Hall–Kier alpha value is -2.94. The van der Waals surface area contributed by atoms with Crippen molar-refractivity contribution in [2.45, 2.75) is 43.2 Å². The van der Waals surface area contributed by atoms with Crippen molar-refractivity contribution in [2.75, 3.05) is 11.4 Å². The lowest BCUT2D eigenvalue weighted by Gasteiger charge is -2.45. The number of pyridine rings is 1. The van der Waals surface area contributed by atoms with E-state index in [2.05, 4.69) is 15.4 Å². The molecule has 1 amide bonds. The number of fused-ring (bicyclic) bond motifs is 5. The molecule has 2 unspecified atom stereocenters. The van der Waals surface area contributed by atoms with E-state index < -0.39 is 16.8 Å². The van der Waals surface area contributed by atoms with Gasteiger partial charge < -0.3 is 15.3 Å². The van der Waals surface area contributed by atoms with E-state index in [9.17, 15) is 14.3 Å². The second-order valence-corrected chi connectivity index (χ2v) is 8.92. The summed E-state index contributed by atoms with van der Waals surface area (Å²) >= 11 is 0. The number of anilines is 1. The van der Waals surface area contributed by atoms with E-state index in [-0.39, 0.29) is 11.9 Å². The predicted molar refractivity (Wildman–Crippen MR) is 118 cm³/mol. The number of rotatable bonds is 0. The molecule has 5 rings (SSSR count). The van der Waals surface area contributed by atoms with Gasteiger partial charge in [0, 0.05) is 24.5 Å². The zero-order chi connectivity index (χ0) is 22.0. The maximum absolute atomic E-state index is 14.4. The minimum atomic E-state index is -1.14. The van der Waals surface area contributed by atoms with Crippen LogP contribution in [0.15, 0.2) is 30.7 Å². The summed E-state index contributed by atoms with van der Waals surface area (Å²) in [6, 6.07) is 3.13. The lowest BCUT2D eigenvalue weighted by molar-refractivity contribution is 0.0940. The third kappa shape index (κ3) is 2.94. The van der Waals surface area contributed by atoms with Gasteiger partial charge >= 0.3 is 0 Å². The molecule has 5 heterocycles. The van der Waals surface area contributed by atoms with E-state index in [0.29, 0.717) is 54.1 Å². The maximum Gasteiger partial charge on any atom is 0.256 e. The van der Waals surface area contributed by atoms with Gasteiger partial charge in [0.05, 0.1) is 23.3 Å². The van der Waals surface area contributed by atoms with Gasteiger partial charge in [-0.15, -0.1) is 0 Å². The second kappa shape index (κ2) is 6.78. The van der Waals surface area contributed by atoms with Crippen LogP contribution in [0.4, 0.5) is 10.2 Å². The number of carbonyl (C=O) groups excluding carboxylic acids is 1. The summed E-state index contributed by atoms with van der Waals surface area (Å²) in [5, 5.41) is 18.7. The molecule has 2 N–H and O–H groups in total. The zero-order valence-corrected chi connectivity index (χ0v) is 17.8. The Bertz CT molecular complexity index is 1200. The lowest BCUT2D eigenvalue weighted by atomic mass is 9.53. The average molecular weight is 420 g/mol. The maximum atomic E-state index is 14.4. The van der Waals surface area contributed by atoms with Crippen LogP contribution in [0.2, 0.25) is 0 Å². The van der Waals surface area contributed by atoms with Crippen molar-refractivity contribution >= 4 is 33.1 Å². The van der Waals surface area contributed by atoms with Crippen LogP contribution < -0.4 is 10.2 Å². The standard InChI is InChI=1S/C20H23B2FN6O2/c1-11-2-3-15-14(8-12(23)9-24-15)20(22)19(21,31)5-7-28(20)16-4-6-29-17(27-16)13(10-25-29)18(30)26-11/h4,6,8-11,31H,2-3,5,7,21-22H2,1H3,(H,26,30)/t11-,19?,20?/m1/s1. The van der Waals surface area contributed by atoms with Crippen molar-refractivity contribution < 1.29 is 14.3 Å². The molecule has 0 saturated carbocycles. The molecular weight excluding hydrogens is 397 g/mol. The number of aromatic nitrogens is 4. The molecule has 0 spiro atoms. The summed E-state index contributed by atoms with van der Waals surface area (Å²) in [6.45, 7) is 2.44.